The highest BCUT2D eigenvalue weighted by atomic mass is 16.5. The minimum atomic E-state index is -0.508. The maximum absolute atomic E-state index is 11.7. The Balaban J connectivity index is 2.12. The van der Waals surface area contributed by atoms with Gasteiger partial charge in [0.25, 0.3) is 0 Å². The Morgan fingerprint density at radius 1 is 1.19 bits per heavy atom. The van der Waals surface area contributed by atoms with E-state index < -0.39 is 6.03 Å². The van der Waals surface area contributed by atoms with Gasteiger partial charge in [-0.05, 0) is 30.5 Å². The number of methoxy groups -OCH3 is 1. The van der Waals surface area contributed by atoms with Gasteiger partial charge in [0, 0.05) is 19.5 Å². The van der Waals surface area contributed by atoms with Crippen molar-refractivity contribution in [2.75, 3.05) is 13.7 Å². The Labute approximate surface area is 125 Å². The van der Waals surface area contributed by atoms with E-state index in [2.05, 4.69) is 10.6 Å². The molecule has 0 saturated heterocycles. The summed E-state index contributed by atoms with van der Waals surface area (Å²) < 4.78 is 5.13. The number of carbonyl (C=O) groups excluding carboxylic acids is 2. The number of ether oxygens (including phenoxy) is 1. The van der Waals surface area contributed by atoms with E-state index in [9.17, 15) is 9.59 Å². The normalized spacial score (nSPS) is 9.95. The van der Waals surface area contributed by atoms with E-state index in [4.69, 9.17) is 10.5 Å². The molecule has 1 aromatic carbocycles. The van der Waals surface area contributed by atoms with E-state index in [0.29, 0.717) is 19.5 Å². The number of amides is 3. The first-order valence-electron chi connectivity index (χ1n) is 7.04. The minimum absolute atomic E-state index is 0.0284. The van der Waals surface area contributed by atoms with Crippen molar-refractivity contribution in [3.8, 4) is 5.75 Å². The predicted molar refractivity (Wildman–Crippen MR) is 80.9 cm³/mol. The molecule has 0 fully saturated rings. The van der Waals surface area contributed by atoms with E-state index in [1.807, 2.05) is 24.3 Å². The van der Waals surface area contributed by atoms with Gasteiger partial charge in [0.05, 0.1) is 7.11 Å². The molecule has 21 heavy (non-hydrogen) atoms. The van der Waals surface area contributed by atoms with Gasteiger partial charge in [0.1, 0.15) is 5.75 Å². The van der Waals surface area contributed by atoms with E-state index in [1.165, 1.54) is 0 Å². The van der Waals surface area contributed by atoms with Gasteiger partial charge in [-0.25, -0.2) is 4.79 Å². The maximum Gasteiger partial charge on any atom is 0.312 e. The van der Waals surface area contributed by atoms with Gasteiger partial charge in [-0.2, -0.15) is 0 Å². The first-order valence-corrected chi connectivity index (χ1v) is 7.04. The molecule has 0 aliphatic rings. The summed E-state index contributed by atoms with van der Waals surface area (Å²) in [6, 6.07) is 7.09. The van der Waals surface area contributed by atoms with Gasteiger partial charge in [0.15, 0.2) is 0 Å². The predicted octanol–water partition coefficient (Wildman–Crippen LogP) is 1.54. The summed E-state index contributed by atoms with van der Waals surface area (Å²) in [4.78, 5) is 22.1. The number of hydrogen-bond donors (Lipinski definition) is 3. The summed E-state index contributed by atoms with van der Waals surface area (Å²) in [5.41, 5.74) is 5.96. The van der Waals surface area contributed by atoms with Crippen LogP contribution < -0.4 is 21.1 Å². The van der Waals surface area contributed by atoms with Crippen LogP contribution in [0, 0.1) is 0 Å². The summed E-state index contributed by atoms with van der Waals surface area (Å²) in [7, 11) is 1.62. The average molecular weight is 293 g/mol. The van der Waals surface area contributed by atoms with Crippen LogP contribution in [0.25, 0.3) is 0 Å². The van der Waals surface area contributed by atoms with Crippen LogP contribution >= 0.6 is 0 Å². The van der Waals surface area contributed by atoms with Crippen molar-refractivity contribution in [1.29, 1.82) is 0 Å². The van der Waals surface area contributed by atoms with Gasteiger partial charge in [-0.1, -0.05) is 18.6 Å². The highest BCUT2D eigenvalue weighted by Crippen LogP contribution is 2.12. The monoisotopic (exact) mass is 293 g/mol. The molecule has 0 atom stereocenters. The first kappa shape index (κ1) is 16.8. The Bertz CT molecular complexity index is 463. The quantitative estimate of drug-likeness (QED) is 0.603. The van der Waals surface area contributed by atoms with E-state index in [1.54, 1.807) is 7.11 Å². The molecule has 4 N–H and O–H groups in total. The molecule has 0 aliphatic heterocycles. The van der Waals surface area contributed by atoms with Crippen molar-refractivity contribution in [2.24, 2.45) is 5.73 Å². The summed E-state index contributed by atoms with van der Waals surface area (Å²) in [6.45, 7) is 1.06. The van der Waals surface area contributed by atoms with E-state index >= 15 is 0 Å². The van der Waals surface area contributed by atoms with Crippen LogP contribution in [0.15, 0.2) is 24.3 Å². The highest BCUT2D eigenvalue weighted by molar-refractivity contribution is 5.75. The Morgan fingerprint density at radius 3 is 2.71 bits per heavy atom. The summed E-state index contributed by atoms with van der Waals surface area (Å²) in [5, 5.41) is 5.39. The van der Waals surface area contributed by atoms with Crippen molar-refractivity contribution in [3.05, 3.63) is 29.8 Å². The molecule has 0 unspecified atom stereocenters. The molecule has 116 valence electrons. The molecule has 0 heterocycles. The second-order valence-corrected chi connectivity index (χ2v) is 4.73. The SMILES string of the molecule is COc1cccc(CNC(=O)CCCCCNC(N)=O)c1. The van der Waals surface area contributed by atoms with Gasteiger partial charge in [-0.15, -0.1) is 0 Å². The van der Waals surface area contributed by atoms with Gasteiger partial charge in [-0.3, -0.25) is 4.79 Å². The summed E-state index contributed by atoms with van der Waals surface area (Å²) >= 11 is 0. The van der Waals surface area contributed by atoms with Crippen LogP contribution in [0.2, 0.25) is 0 Å². The molecule has 0 radical (unpaired) electrons. The molecule has 0 bridgehead atoms. The van der Waals surface area contributed by atoms with Crippen LogP contribution in [0.4, 0.5) is 4.79 Å². The Morgan fingerprint density at radius 2 is 2.00 bits per heavy atom. The smallest absolute Gasteiger partial charge is 0.312 e. The lowest BCUT2D eigenvalue weighted by Crippen LogP contribution is -2.30. The lowest BCUT2D eigenvalue weighted by molar-refractivity contribution is -0.121. The van der Waals surface area contributed by atoms with Crippen LogP contribution in [0.5, 0.6) is 5.75 Å². The van der Waals surface area contributed by atoms with Crippen LogP contribution in [0.3, 0.4) is 0 Å². The topological polar surface area (TPSA) is 93.4 Å². The maximum atomic E-state index is 11.7. The Hall–Kier alpha value is -2.24. The average Bonchev–Trinajstić information content (AvgIpc) is 2.48. The number of unbranched alkanes of at least 4 members (excludes halogenated alkanes) is 2. The third-order valence-electron chi connectivity index (χ3n) is 3.00. The van der Waals surface area contributed by atoms with Crippen LogP contribution in [0.1, 0.15) is 31.2 Å². The molecule has 0 saturated carbocycles. The fourth-order valence-corrected chi connectivity index (χ4v) is 1.87. The number of primary amides is 1. The van der Waals surface area contributed by atoms with Crippen molar-refractivity contribution >= 4 is 11.9 Å². The number of nitrogens with two attached hydrogens (primary N) is 1. The molecule has 0 aliphatic carbocycles. The molecule has 1 aromatic rings. The lowest BCUT2D eigenvalue weighted by Gasteiger charge is -2.07. The van der Waals surface area contributed by atoms with Crippen molar-refractivity contribution in [2.45, 2.75) is 32.2 Å². The second kappa shape index (κ2) is 9.63. The molecule has 0 spiro atoms. The van der Waals surface area contributed by atoms with E-state index in [-0.39, 0.29) is 5.91 Å². The fourth-order valence-electron chi connectivity index (χ4n) is 1.87. The zero-order chi connectivity index (χ0) is 15.5. The van der Waals surface area contributed by atoms with Gasteiger partial charge in [0.2, 0.25) is 5.91 Å². The number of rotatable bonds is 9. The fraction of sp³-hybridized carbons (Fsp3) is 0.467. The highest BCUT2D eigenvalue weighted by Gasteiger charge is 2.02. The van der Waals surface area contributed by atoms with Gasteiger partial charge >= 0.3 is 6.03 Å². The Kier molecular flexibility index (Phi) is 7.71. The molecular formula is C15H23N3O3. The number of hydrogen-bond acceptors (Lipinski definition) is 3. The molecule has 0 aromatic heterocycles. The van der Waals surface area contributed by atoms with Crippen molar-refractivity contribution < 1.29 is 14.3 Å². The standard InChI is InChI=1S/C15H23N3O3/c1-21-13-7-5-6-12(10-13)11-18-14(19)8-3-2-4-9-17-15(16)20/h5-7,10H,2-4,8-9,11H2,1H3,(H,18,19)(H3,16,17,20). The summed E-state index contributed by atoms with van der Waals surface area (Å²) in [6.07, 6.45) is 2.99. The number of urea groups is 1. The lowest BCUT2D eigenvalue weighted by atomic mass is 10.1. The largest absolute Gasteiger partial charge is 0.497 e. The third-order valence-corrected chi connectivity index (χ3v) is 3.00. The zero-order valence-electron chi connectivity index (χ0n) is 12.4. The molecular weight excluding hydrogens is 270 g/mol. The van der Waals surface area contributed by atoms with Crippen LogP contribution in [-0.4, -0.2) is 25.6 Å². The zero-order valence-corrected chi connectivity index (χ0v) is 12.4. The third kappa shape index (κ3) is 7.81. The van der Waals surface area contributed by atoms with Crippen LogP contribution in [-0.2, 0) is 11.3 Å². The second-order valence-electron chi connectivity index (χ2n) is 4.73. The summed E-state index contributed by atoms with van der Waals surface area (Å²) in [5.74, 6) is 0.810. The molecule has 3 amide bonds. The number of carbonyl (C=O) groups is 2. The minimum Gasteiger partial charge on any atom is -0.497 e. The van der Waals surface area contributed by atoms with Gasteiger partial charge < -0.3 is 21.1 Å². The van der Waals surface area contributed by atoms with Crippen molar-refractivity contribution in [1.82, 2.24) is 10.6 Å². The molecule has 6 nitrogen and oxygen atoms in total. The number of benzene rings is 1. The first-order chi connectivity index (χ1) is 10.1. The van der Waals surface area contributed by atoms with E-state index in [0.717, 1.165) is 30.6 Å². The molecule has 1 rings (SSSR count). The van der Waals surface area contributed by atoms with Crippen molar-refractivity contribution in [3.63, 3.8) is 0 Å². The molecule has 6 heteroatoms. The number of nitrogens with one attached hydrogen (secondary N) is 2.